The quantitative estimate of drug-likeness (QED) is 0.736. The zero-order valence-corrected chi connectivity index (χ0v) is 10.7. The monoisotopic (exact) mass is 241 g/mol. The minimum Gasteiger partial charge on any atom is -0.481 e. The molecule has 0 bridgehead atoms. The van der Waals surface area contributed by atoms with E-state index in [9.17, 15) is 4.79 Å². The number of hydrogen-bond donors (Lipinski definition) is 1. The lowest BCUT2D eigenvalue weighted by atomic mass is 10.00. The molecule has 17 heavy (non-hydrogen) atoms. The summed E-state index contributed by atoms with van der Waals surface area (Å²) >= 11 is 0. The molecule has 1 atom stereocenters. The standard InChI is InChI=1S/C11H19N3O3/c1-7-9(10(16-3)14(2)13-7)5-8(6-12)11(15)17-4/h8H,5-6,12H2,1-4H3. The molecular formula is C11H19N3O3. The van der Waals surface area contributed by atoms with Gasteiger partial charge in [0.15, 0.2) is 0 Å². The molecule has 0 fully saturated rings. The van der Waals surface area contributed by atoms with Crippen LogP contribution in [-0.2, 0) is 23.0 Å². The van der Waals surface area contributed by atoms with Crippen LogP contribution in [0.1, 0.15) is 11.3 Å². The van der Waals surface area contributed by atoms with E-state index in [0.717, 1.165) is 11.3 Å². The van der Waals surface area contributed by atoms with Gasteiger partial charge in [-0.3, -0.25) is 4.79 Å². The largest absolute Gasteiger partial charge is 0.481 e. The van der Waals surface area contributed by atoms with E-state index in [-0.39, 0.29) is 18.4 Å². The van der Waals surface area contributed by atoms with E-state index in [2.05, 4.69) is 5.10 Å². The molecule has 96 valence electrons. The van der Waals surface area contributed by atoms with Crippen molar-refractivity contribution in [3.05, 3.63) is 11.3 Å². The number of carbonyl (C=O) groups is 1. The smallest absolute Gasteiger partial charge is 0.310 e. The first kappa shape index (κ1) is 13.5. The van der Waals surface area contributed by atoms with E-state index < -0.39 is 0 Å². The van der Waals surface area contributed by atoms with Gasteiger partial charge in [-0.15, -0.1) is 0 Å². The summed E-state index contributed by atoms with van der Waals surface area (Å²) in [4.78, 5) is 11.5. The number of nitrogens with two attached hydrogens (primary N) is 1. The second kappa shape index (κ2) is 5.67. The van der Waals surface area contributed by atoms with Gasteiger partial charge in [0.05, 0.1) is 25.8 Å². The molecule has 1 rings (SSSR count). The molecular weight excluding hydrogens is 222 g/mol. The zero-order chi connectivity index (χ0) is 13.0. The molecule has 0 spiro atoms. The van der Waals surface area contributed by atoms with E-state index in [1.54, 1.807) is 18.8 Å². The van der Waals surface area contributed by atoms with Crippen LogP contribution in [0.15, 0.2) is 0 Å². The van der Waals surface area contributed by atoms with Crippen LogP contribution in [0.25, 0.3) is 0 Å². The van der Waals surface area contributed by atoms with Gasteiger partial charge in [0.25, 0.3) is 0 Å². The van der Waals surface area contributed by atoms with Gasteiger partial charge < -0.3 is 15.2 Å². The lowest BCUT2D eigenvalue weighted by Crippen LogP contribution is -2.27. The van der Waals surface area contributed by atoms with Crippen molar-refractivity contribution < 1.29 is 14.3 Å². The van der Waals surface area contributed by atoms with Crippen LogP contribution in [0.5, 0.6) is 5.88 Å². The summed E-state index contributed by atoms with van der Waals surface area (Å²) < 4.78 is 11.6. The third-order valence-corrected chi connectivity index (χ3v) is 2.75. The van der Waals surface area contributed by atoms with Crippen LogP contribution in [0.4, 0.5) is 0 Å². The highest BCUT2D eigenvalue weighted by atomic mass is 16.5. The lowest BCUT2D eigenvalue weighted by Gasteiger charge is -2.12. The molecule has 0 aliphatic heterocycles. The summed E-state index contributed by atoms with van der Waals surface area (Å²) in [6, 6.07) is 0. The predicted octanol–water partition coefficient (Wildman–Crippen LogP) is 0.0275. The molecule has 0 amide bonds. The first-order valence-corrected chi connectivity index (χ1v) is 5.39. The lowest BCUT2D eigenvalue weighted by molar-refractivity contribution is -0.145. The summed E-state index contributed by atoms with van der Waals surface area (Å²) in [6.07, 6.45) is 0.478. The number of aryl methyl sites for hydroxylation is 2. The van der Waals surface area contributed by atoms with Gasteiger partial charge in [0.2, 0.25) is 5.88 Å². The summed E-state index contributed by atoms with van der Waals surface area (Å²) in [5, 5.41) is 4.25. The highest BCUT2D eigenvalue weighted by Gasteiger charge is 2.23. The Bertz CT molecular complexity index is 401. The zero-order valence-electron chi connectivity index (χ0n) is 10.7. The molecule has 1 aromatic heterocycles. The number of rotatable bonds is 5. The highest BCUT2D eigenvalue weighted by molar-refractivity contribution is 5.73. The summed E-state index contributed by atoms with van der Waals surface area (Å²) in [7, 11) is 4.73. The van der Waals surface area contributed by atoms with E-state index in [0.29, 0.717) is 12.3 Å². The van der Waals surface area contributed by atoms with Gasteiger partial charge in [-0.1, -0.05) is 0 Å². The molecule has 2 N–H and O–H groups in total. The van der Waals surface area contributed by atoms with Gasteiger partial charge in [0, 0.05) is 19.2 Å². The highest BCUT2D eigenvalue weighted by Crippen LogP contribution is 2.24. The molecule has 1 heterocycles. The fourth-order valence-corrected chi connectivity index (χ4v) is 1.85. The van der Waals surface area contributed by atoms with E-state index in [1.807, 2.05) is 6.92 Å². The molecule has 0 aliphatic rings. The molecule has 6 nitrogen and oxygen atoms in total. The van der Waals surface area contributed by atoms with Crippen molar-refractivity contribution in [3.8, 4) is 5.88 Å². The second-order valence-electron chi connectivity index (χ2n) is 3.86. The molecule has 0 radical (unpaired) electrons. The number of nitrogens with zero attached hydrogens (tertiary/aromatic N) is 2. The minimum atomic E-state index is -0.364. The van der Waals surface area contributed by atoms with Gasteiger partial charge in [-0.2, -0.15) is 5.10 Å². The van der Waals surface area contributed by atoms with Crippen molar-refractivity contribution in [2.24, 2.45) is 18.7 Å². The number of hydrogen-bond acceptors (Lipinski definition) is 5. The average molecular weight is 241 g/mol. The first-order valence-electron chi connectivity index (χ1n) is 5.39. The molecule has 1 unspecified atom stereocenters. The predicted molar refractivity (Wildman–Crippen MR) is 62.8 cm³/mol. The van der Waals surface area contributed by atoms with Crippen LogP contribution in [0, 0.1) is 12.8 Å². The Hall–Kier alpha value is -1.56. The Balaban J connectivity index is 2.96. The number of carbonyl (C=O) groups excluding carboxylic acids is 1. The number of esters is 1. The van der Waals surface area contributed by atoms with Gasteiger partial charge in [-0.05, 0) is 13.3 Å². The Morgan fingerprint density at radius 1 is 1.53 bits per heavy atom. The number of aromatic nitrogens is 2. The van der Waals surface area contributed by atoms with Crippen LogP contribution in [0.3, 0.4) is 0 Å². The van der Waals surface area contributed by atoms with E-state index in [1.165, 1.54) is 7.11 Å². The van der Waals surface area contributed by atoms with Crippen LogP contribution in [0.2, 0.25) is 0 Å². The third-order valence-electron chi connectivity index (χ3n) is 2.75. The SMILES string of the molecule is COC(=O)C(CN)Cc1c(C)nn(C)c1OC. The van der Waals surface area contributed by atoms with Crippen molar-refractivity contribution in [2.45, 2.75) is 13.3 Å². The molecule has 0 aliphatic carbocycles. The molecule has 1 aromatic rings. The summed E-state index contributed by atoms with van der Waals surface area (Å²) in [5.74, 6) is -0.0144. The van der Waals surface area contributed by atoms with Crippen LogP contribution in [-0.4, -0.2) is 36.5 Å². The molecule has 0 saturated carbocycles. The van der Waals surface area contributed by atoms with Crippen molar-refractivity contribution in [1.82, 2.24) is 9.78 Å². The van der Waals surface area contributed by atoms with E-state index >= 15 is 0 Å². The normalized spacial score (nSPS) is 12.3. The molecule has 0 aromatic carbocycles. The van der Waals surface area contributed by atoms with Crippen LogP contribution < -0.4 is 10.5 Å². The maximum absolute atomic E-state index is 11.5. The maximum atomic E-state index is 11.5. The van der Waals surface area contributed by atoms with E-state index in [4.69, 9.17) is 15.2 Å². The van der Waals surface area contributed by atoms with Crippen molar-refractivity contribution >= 4 is 5.97 Å². The van der Waals surface area contributed by atoms with Crippen molar-refractivity contribution in [3.63, 3.8) is 0 Å². The van der Waals surface area contributed by atoms with Gasteiger partial charge in [-0.25, -0.2) is 4.68 Å². The topological polar surface area (TPSA) is 79.4 Å². The molecule has 6 heteroatoms. The minimum absolute atomic E-state index is 0.240. The number of methoxy groups -OCH3 is 2. The maximum Gasteiger partial charge on any atom is 0.310 e. The Morgan fingerprint density at radius 2 is 2.18 bits per heavy atom. The Morgan fingerprint density at radius 3 is 2.65 bits per heavy atom. The van der Waals surface area contributed by atoms with Gasteiger partial charge in [0.1, 0.15) is 0 Å². The summed E-state index contributed by atoms with van der Waals surface area (Å²) in [5.41, 5.74) is 7.32. The fraction of sp³-hybridized carbons (Fsp3) is 0.636. The molecule has 0 saturated heterocycles. The Labute approximate surface area is 101 Å². The van der Waals surface area contributed by atoms with Gasteiger partial charge >= 0.3 is 5.97 Å². The Kier molecular flexibility index (Phi) is 4.51. The average Bonchev–Trinajstić information content (AvgIpc) is 2.59. The summed E-state index contributed by atoms with van der Waals surface area (Å²) in [6.45, 7) is 2.12. The van der Waals surface area contributed by atoms with Crippen LogP contribution >= 0.6 is 0 Å². The van der Waals surface area contributed by atoms with Crippen molar-refractivity contribution in [2.75, 3.05) is 20.8 Å². The van der Waals surface area contributed by atoms with Crippen molar-refractivity contribution in [1.29, 1.82) is 0 Å². The first-order chi connectivity index (χ1) is 8.04. The second-order valence-corrected chi connectivity index (χ2v) is 3.86. The fourth-order valence-electron chi connectivity index (χ4n) is 1.85. The number of ether oxygens (including phenoxy) is 2. The third kappa shape index (κ3) is 2.76.